The van der Waals surface area contributed by atoms with Gasteiger partial charge in [-0.2, -0.15) is 4.31 Å². The second kappa shape index (κ2) is 9.64. The first-order valence-corrected chi connectivity index (χ1v) is 13.3. The van der Waals surface area contributed by atoms with E-state index in [4.69, 9.17) is 0 Å². The number of sulfonamides is 1. The van der Waals surface area contributed by atoms with E-state index in [1.54, 1.807) is 18.7 Å². The van der Waals surface area contributed by atoms with Crippen LogP contribution in [0.15, 0.2) is 53.4 Å². The smallest absolute Gasteiger partial charge is 0.247 e. The van der Waals surface area contributed by atoms with Crippen LogP contribution in [0.2, 0.25) is 0 Å². The molecule has 0 bridgehead atoms. The van der Waals surface area contributed by atoms with Gasteiger partial charge in [0.25, 0.3) is 0 Å². The Labute approximate surface area is 194 Å². The molecule has 1 fully saturated rings. The average Bonchev–Trinajstić information content (AvgIpc) is 2.75. The fourth-order valence-electron chi connectivity index (χ4n) is 3.68. The van der Waals surface area contributed by atoms with Gasteiger partial charge in [0.05, 0.1) is 12.8 Å². The second-order valence-electron chi connectivity index (χ2n) is 8.30. The molecule has 172 valence electrons. The van der Waals surface area contributed by atoms with E-state index in [0.717, 1.165) is 32.1 Å². The Hall–Kier alpha value is -2.36. The summed E-state index contributed by atoms with van der Waals surface area (Å²) in [7, 11) is -3.64. The van der Waals surface area contributed by atoms with Crippen molar-refractivity contribution in [3.63, 3.8) is 0 Å². The fourth-order valence-corrected chi connectivity index (χ4v) is 4.92. The molecule has 1 saturated heterocycles. The molecule has 0 aliphatic carbocycles. The lowest BCUT2D eigenvalue weighted by atomic mass is 9.94. The van der Waals surface area contributed by atoms with E-state index in [1.807, 2.05) is 61.7 Å². The lowest BCUT2D eigenvalue weighted by molar-refractivity contribution is -0.153. The van der Waals surface area contributed by atoms with Crippen LogP contribution >= 0.6 is 11.8 Å². The number of nitrogens with one attached hydrogen (secondary N) is 1. The number of amides is 2. The SMILES string of the molecule is CSc1ccc(CN2C(=O)CN(S(C)(=O)=O)CC2(C)C(=O)NCc2ccc(C)cc2)cc1. The maximum Gasteiger partial charge on any atom is 0.247 e. The Morgan fingerprint density at radius 1 is 1.09 bits per heavy atom. The normalized spacial score (nSPS) is 19.8. The molecule has 1 atom stereocenters. The molecule has 1 aliphatic heterocycles. The highest BCUT2D eigenvalue weighted by Gasteiger charge is 2.49. The quantitative estimate of drug-likeness (QED) is 0.622. The predicted molar refractivity (Wildman–Crippen MR) is 127 cm³/mol. The summed E-state index contributed by atoms with van der Waals surface area (Å²) in [6, 6.07) is 15.6. The van der Waals surface area contributed by atoms with Crippen LogP contribution in [0.1, 0.15) is 23.6 Å². The number of piperazine rings is 1. The van der Waals surface area contributed by atoms with Gasteiger partial charge >= 0.3 is 0 Å². The predicted octanol–water partition coefficient (Wildman–Crippen LogP) is 2.40. The molecule has 2 aromatic carbocycles. The summed E-state index contributed by atoms with van der Waals surface area (Å²) in [4.78, 5) is 29.0. The molecule has 7 nitrogen and oxygen atoms in total. The summed E-state index contributed by atoms with van der Waals surface area (Å²) >= 11 is 1.62. The fraction of sp³-hybridized carbons (Fsp3) is 0.391. The van der Waals surface area contributed by atoms with E-state index < -0.39 is 21.5 Å². The Kier molecular flexibility index (Phi) is 7.32. The molecular weight excluding hydrogens is 446 g/mol. The van der Waals surface area contributed by atoms with Crippen LogP contribution in [0.4, 0.5) is 0 Å². The zero-order valence-electron chi connectivity index (χ0n) is 18.8. The molecule has 3 rings (SSSR count). The number of benzene rings is 2. The van der Waals surface area contributed by atoms with Crippen molar-refractivity contribution in [2.24, 2.45) is 0 Å². The molecule has 2 amide bonds. The van der Waals surface area contributed by atoms with Crippen LogP contribution in [0, 0.1) is 6.92 Å². The summed E-state index contributed by atoms with van der Waals surface area (Å²) in [6.45, 7) is 3.75. The highest BCUT2D eigenvalue weighted by Crippen LogP contribution is 2.27. The number of carbonyl (C=O) groups is 2. The van der Waals surface area contributed by atoms with E-state index in [-0.39, 0.29) is 32.1 Å². The Balaban J connectivity index is 1.86. The van der Waals surface area contributed by atoms with Crippen LogP contribution in [0.5, 0.6) is 0 Å². The van der Waals surface area contributed by atoms with Crippen LogP contribution in [-0.4, -0.2) is 60.6 Å². The minimum Gasteiger partial charge on any atom is -0.350 e. The lowest BCUT2D eigenvalue weighted by Crippen LogP contribution is -2.69. The van der Waals surface area contributed by atoms with Crippen molar-refractivity contribution < 1.29 is 18.0 Å². The van der Waals surface area contributed by atoms with Gasteiger partial charge in [0.1, 0.15) is 5.54 Å². The maximum atomic E-state index is 13.3. The third-order valence-electron chi connectivity index (χ3n) is 5.72. The number of aryl methyl sites for hydroxylation is 1. The highest BCUT2D eigenvalue weighted by atomic mass is 32.2. The number of carbonyl (C=O) groups excluding carboxylic acids is 2. The topological polar surface area (TPSA) is 86.8 Å². The monoisotopic (exact) mass is 475 g/mol. The van der Waals surface area contributed by atoms with E-state index in [1.165, 1.54) is 4.90 Å². The minimum absolute atomic E-state index is 0.0970. The summed E-state index contributed by atoms with van der Waals surface area (Å²) in [5.74, 6) is -0.788. The van der Waals surface area contributed by atoms with Crippen LogP contribution in [0.3, 0.4) is 0 Å². The van der Waals surface area contributed by atoms with Gasteiger partial charge in [0, 0.05) is 24.5 Å². The van der Waals surface area contributed by atoms with Gasteiger partial charge in [0.2, 0.25) is 21.8 Å². The lowest BCUT2D eigenvalue weighted by Gasteiger charge is -2.46. The first kappa shape index (κ1) is 24.3. The number of rotatable bonds is 7. The van der Waals surface area contributed by atoms with Gasteiger partial charge < -0.3 is 10.2 Å². The number of thioether (sulfide) groups is 1. The van der Waals surface area contributed by atoms with Gasteiger partial charge in [-0.1, -0.05) is 42.0 Å². The molecule has 0 aromatic heterocycles. The molecule has 0 radical (unpaired) electrons. The molecule has 1 N–H and O–H groups in total. The van der Waals surface area contributed by atoms with Gasteiger partial charge in [-0.25, -0.2) is 8.42 Å². The average molecular weight is 476 g/mol. The van der Waals surface area contributed by atoms with E-state index in [2.05, 4.69) is 5.32 Å². The van der Waals surface area contributed by atoms with E-state index in [0.29, 0.717) is 0 Å². The third kappa shape index (κ3) is 5.51. The molecule has 1 heterocycles. The van der Waals surface area contributed by atoms with Crippen molar-refractivity contribution in [3.05, 3.63) is 65.2 Å². The van der Waals surface area contributed by atoms with Crippen LogP contribution < -0.4 is 5.32 Å². The molecule has 2 aromatic rings. The molecular formula is C23H29N3O4S2. The number of hydrogen-bond donors (Lipinski definition) is 1. The zero-order chi connectivity index (χ0) is 23.5. The third-order valence-corrected chi connectivity index (χ3v) is 7.66. The van der Waals surface area contributed by atoms with E-state index in [9.17, 15) is 18.0 Å². The van der Waals surface area contributed by atoms with Crippen LogP contribution in [0.25, 0.3) is 0 Å². The Bertz CT molecular complexity index is 1090. The van der Waals surface area contributed by atoms with Gasteiger partial charge in [-0.15, -0.1) is 11.8 Å². The minimum atomic E-state index is -3.64. The van der Waals surface area contributed by atoms with Gasteiger partial charge in [-0.3, -0.25) is 9.59 Å². The largest absolute Gasteiger partial charge is 0.350 e. The number of nitrogens with zero attached hydrogens (tertiary/aromatic N) is 2. The molecule has 1 unspecified atom stereocenters. The summed E-state index contributed by atoms with van der Waals surface area (Å²) in [5.41, 5.74) is 1.57. The van der Waals surface area contributed by atoms with Crippen molar-refractivity contribution in [3.8, 4) is 0 Å². The Morgan fingerprint density at radius 3 is 2.25 bits per heavy atom. The first-order chi connectivity index (χ1) is 15.0. The highest BCUT2D eigenvalue weighted by molar-refractivity contribution is 7.98. The summed E-state index contributed by atoms with van der Waals surface area (Å²) < 4.78 is 25.5. The maximum absolute atomic E-state index is 13.3. The molecule has 0 spiro atoms. The van der Waals surface area contributed by atoms with Crippen molar-refractivity contribution in [2.75, 3.05) is 25.6 Å². The summed E-state index contributed by atoms with van der Waals surface area (Å²) in [5, 5.41) is 2.90. The Morgan fingerprint density at radius 2 is 1.69 bits per heavy atom. The van der Waals surface area contributed by atoms with E-state index >= 15 is 0 Å². The molecule has 32 heavy (non-hydrogen) atoms. The summed E-state index contributed by atoms with van der Waals surface area (Å²) in [6.07, 6.45) is 3.04. The molecule has 0 saturated carbocycles. The zero-order valence-corrected chi connectivity index (χ0v) is 20.4. The van der Waals surface area contributed by atoms with Gasteiger partial charge in [-0.05, 0) is 43.4 Å². The van der Waals surface area contributed by atoms with Crippen molar-refractivity contribution in [1.82, 2.24) is 14.5 Å². The van der Waals surface area contributed by atoms with Crippen molar-refractivity contribution >= 4 is 33.6 Å². The molecule has 9 heteroatoms. The van der Waals surface area contributed by atoms with Crippen molar-refractivity contribution in [2.45, 2.75) is 37.4 Å². The molecule has 1 aliphatic rings. The van der Waals surface area contributed by atoms with Crippen molar-refractivity contribution in [1.29, 1.82) is 0 Å². The first-order valence-electron chi connectivity index (χ1n) is 10.3. The second-order valence-corrected chi connectivity index (χ2v) is 11.2. The van der Waals surface area contributed by atoms with Crippen LogP contribution in [-0.2, 0) is 32.7 Å². The standard InChI is InChI=1S/C23H29N3O4S2/c1-17-5-7-18(8-6-17)13-24-22(28)23(2)16-25(32(4,29)30)15-21(27)26(23)14-19-9-11-20(31-3)12-10-19/h5-12H,13-16H2,1-4H3,(H,24,28). The van der Waals surface area contributed by atoms with Gasteiger partial charge in [0.15, 0.2) is 0 Å². The number of hydrogen-bond acceptors (Lipinski definition) is 5.